The van der Waals surface area contributed by atoms with Gasteiger partial charge in [-0.25, -0.2) is 0 Å². The minimum Gasteiger partial charge on any atom is -0.359 e. The van der Waals surface area contributed by atoms with Crippen LogP contribution in [0.1, 0.15) is 17.7 Å². The summed E-state index contributed by atoms with van der Waals surface area (Å²) in [6, 6.07) is 3.96. The number of pyridine rings is 1. The fourth-order valence-corrected chi connectivity index (χ4v) is 1.25. The van der Waals surface area contributed by atoms with Crippen molar-refractivity contribution in [1.82, 2.24) is 15.6 Å². The van der Waals surface area contributed by atoms with Gasteiger partial charge in [0.1, 0.15) is 0 Å². The number of carbonyl (C=O) groups excluding carboxylic acids is 1. The van der Waals surface area contributed by atoms with Crippen LogP contribution in [-0.2, 0) is 11.3 Å². The van der Waals surface area contributed by atoms with Gasteiger partial charge in [-0.2, -0.15) is 0 Å². The van der Waals surface area contributed by atoms with Gasteiger partial charge in [-0.05, 0) is 18.6 Å². The molecule has 1 heterocycles. The molecule has 0 saturated carbocycles. The van der Waals surface area contributed by atoms with E-state index in [2.05, 4.69) is 15.6 Å². The van der Waals surface area contributed by atoms with Gasteiger partial charge in [0.2, 0.25) is 5.91 Å². The van der Waals surface area contributed by atoms with Crippen LogP contribution < -0.4 is 10.6 Å². The van der Waals surface area contributed by atoms with E-state index in [4.69, 9.17) is 0 Å². The van der Waals surface area contributed by atoms with Crippen LogP contribution in [0.25, 0.3) is 0 Å². The van der Waals surface area contributed by atoms with Crippen LogP contribution >= 0.6 is 0 Å². The fourth-order valence-electron chi connectivity index (χ4n) is 1.25. The lowest BCUT2D eigenvalue weighted by atomic mass is 10.2. The maximum absolute atomic E-state index is 10.9. The molecule has 1 aromatic heterocycles. The number of hydrogen-bond acceptors (Lipinski definition) is 3. The smallest absolute Gasteiger partial charge is 0.221 e. The Labute approximate surface area is 90.1 Å². The van der Waals surface area contributed by atoms with Crippen molar-refractivity contribution in [2.45, 2.75) is 19.9 Å². The van der Waals surface area contributed by atoms with Gasteiger partial charge in [-0.1, -0.05) is 6.07 Å². The Morgan fingerprint density at radius 3 is 3.00 bits per heavy atom. The highest BCUT2D eigenvalue weighted by atomic mass is 16.1. The number of aromatic nitrogens is 1. The molecule has 4 nitrogen and oxygen atoms in total. The van der Waals surface area contributed by atoms with Crippen LogP contribution in [0.15, 0.2) is 18.3 Å². The molecule has 1 amide bonds. The summed E-state index contributed by atoms with van der Waals surface area (Å²) in [6.45, 7) is 3.43. The zero-order valence-electron chi connectivity index (χ0n) is 9.21. The van der Waals surface area contributed by atoms with Gasteiger partial charge in [0.05, 0.1) is 0 Å². The summed E-state index contributed by atoms with van der Waals surface area (Å²) in [7, 11) is 1.65. The molecule has 0 bridgehead atoms. The molecule has 0 spiro atoms. The van der Waals surface area contributed by atoms with E-state index in [9.17, 15) is 4.79 Å². The number of nitrogens with zero attached hydrogens (tertiary/aromatic N) is 1. The summed E-state index contributed by atoms with van der Waals surface area (Å²) in [5.41, 5.74) is 2.21. The van der Waals surface area contributed by atoms with Crippen molar-refractivity contribution in [3.8, 4) is 0 Å². The molecule has 0 fully saturated rings. The molecule has 1 rings (SSSR count). The van der Waals surface area contributed by atoms with Crippen LogP contribution in [0.3, 0.4) is 0 Å². The first kappa shape index (κ1) is 11.7. The Morgan fingerprint density at radius 1 is 1.53 bits per heavy atom. The third-order valence-electron chi connectivity index (χ3n) is 2.24. The molecule has 82 valence electrons. The minimum atomic E-state index is 0.0606. The van der Waals surface area contributed by atoms with E-state index in [1.54, 1.807) is 13.2 Å². The molecule has 4 heteroatoms. The highest BCUT2D eigenvalue weighted by Crippen LogP contribution is 2.02. The van der Waals surface area contributed by atoms with Crippen molar-refractivity contribution in [2.75, 3.05) is 13.6 Å². The minimum absolute atomic E-state index is 0.0606. The van der Waals surface area contributed by atoms with Crippen molar-refractivity contribution >= 4 is 5.91 Å². The Kier molecular flexibility index (Phi) is 4.77. The van der Waals surface area contributed by atoms with Crippen LogP contribution in [0.4, 0.5) is 0 Å². The van der Waals surface area contributed by atoms with E-state index in [0.717, 1.165) is 12.2 Å². The van der Waals surface area contributed by atoms with Crippen LogP contribution in [0.2, 0.25) is 0 Å². The van der Waals surface area contributed by atoms with Crippen LogP contribution in [-0.4, -0.2) is 24.5 Å². The molecule has 0 aromatic carbocycles. The van der Waals surface area contributed by atoms with E-state index in [1.165, 1.54) is 5.56 Å². The van der Waals surface area contributed by atoms with Gasteiger partial charge in [0.15, 0.2) is 0 Å². The predicted molar refractivity (Wildman–Crippen MR) is 59.4 cm³/mol. The maximum Gasteiger partial charge on any atom is 0.221 e. The molecule has 1 aromatic rings. The normalized spacial score (nSPS) is 10.0. The second-order valence-corrected chi connectivity index (χ2v) is 3.35. The van der Waals surface area contributed by atoms with Gasteiger partial charge in [-0.3, -0.25) is 9.78 Å². The Balaban J connectivity index is 2.26. The first-order chi connectivity index (χ1) is 7.24. The zero-order valence-corrected chi connectivity index (χ0v) is 9.21. The average Bonchev–Trinajstić information content (AvgIpc) is 2.26. The first-order valence-corrected chi connectivity index (χ1v) is 5.06. The monoisotopic (exact) mass is 207 g/mol. The number of rotatable bonds is 5. The van der Waals surface area contributed by atoms with Crippen molar-refractivity contribution < 1.29 is 4.79 Å². The summed E-state index contributed by atoms with van der Waals surface area (Å²) >= 11 is 0. The number of carbonyl (C=O) groups is 1. The molecular weight excluding hydrogens is 190 g/mol. The average molecular weight is 207 g/mol. The molecule has 0 aliphatic heterocycles. The molecular formula is C11H17N3O. The van der Waals surface area contributed by atoms with Gasteiger partial charge in [0, 0.05) is 38.4 Å². The SMILES string of the molecule is CNC(=O)CCNCc1cccnc1C. The predicted octanol–water partition coefficient (Wildman–Crippen LogP) is 0.616. The topological polar surface area (TPSA) is 54.0 Å². The lowest BCUT2D eigenvalue weighted by molar-refractivity contribution is -0.120. The highest BCUT2D eigenvalue weighted by Gasteiger charge is 1.99. The van der Waals surface area contributed by atoms with Gasteiger partial charge in [-0.15, -0.1) is 0 Å². The second-order valence-electron chi connectivity index (χ2n) is 3.35. The largest absolute Gasteiger partial charge is 0.359 e. The van der Waals surface area contributed by atoms with E-state index in [0.29, 0.717) is 13.0 Å². The molecule has 0 atom stereocenters. The van der Waals surface area contributed by atoms with Crippen molar-refractivity contribution in [3.05, 3.63) is 29.6 Å². The van der Waals surface area contributed by atoms with E-state index in [1.807, 2.05) is 19.1 Å². The van der Waals surface area contributed by atoms with Crippen molar-refractivity contribution in [1.29, 1.82) is 0 Å². The summed E-state index contributed by atoms with van der Waals surface area (Å²) in [5, 5.41) is 5.79. The van der Waals surface area contributed by atoms with Gasteiger partial charge in [0.25, 0.3) is 0 Å². The summed E-state index contributed by atoms with van der Waals surface area (Å²) in [6.07, 6.45) is 2.29. The van der Waals surface area contributed by atoms with Crippen molar-refractivity contribution in [3.63, 3.8) is 0 Å². The quantitative estimate of drug-likeness (QED) is 0.696. The second kappa shape index (κ2) is 6.14. The molecule has 0 radical (unpaired) electrons. The maximum atomic E-state index is 10.9. The first-order valence-electron chi connectivity index (χ1n) is 5.06. The highest BCUT2D eigenvalue weighted by molar-refractivity contribution is 5.75. The lowest BCUT2D eigenvalue weighted by Crippen LogP contribution is -2.24. The molecule has 0 aliphatic carbocycles. The van der Waals surface area contributed by atoms with Gasteiger partial charge >= 0.3 is 0 Å². The Hall–Kier alpha value is -1.42. The number of aryl methyl sites for hydroxylation is 1. The zero-order chi connectivity index (χ0) is 11.1. The molecule has 0 unspecified atom stereocenters. The number of hydrogen-bond donors (Lipinski definition) is 2. The third-order valence-corrected chi connectivity index (χ3v) is 2.24. The number of nitrogens with one attached hydrogen (secondary N) is 2. The number of amides is 1. The molecule has 0 saturated heterocycles. The fraction of sp³-hybridized carbons (Fsp3) is 0.455. The van der Waals surface area contributed by atoms with Crippen LogP contribution in [0.5, 0.6) is 0 Å². The third kappa shape index (κ3) is 4.08. The summed E-state index contributed by atoms with van der Waals surface area (Å²) in [5.74, 6) is 0.0606. The standard InChI is InChI=1S/C11H17N3O/c1-9-10(4-3-6-14-9)8-13-7-5-11(15)12-2/h3-4,6,13H,5,7-8H2,1-2H3,(H,12,15). The van der Waals surface area contributed by atoms with E-state index < -0.39 is 0 Å². The molecule has 15 heavy (non-hydrogen) atoms. The van der Waals surface area contributed by atoms with Gasteiger partial charge < -0.3 is 10.6 Å². The Morgan fingerprint density at radius 2 is 2.33 bits per heavy atom. The molecule has 0 aliphatic rings. The summed E-state index contributed by atoms with van der Waals surface area (Å²) < 4.78 is 0. The van der Waals surface area contributed by atoms with Crippen molar-refractivity contribution in [2.24, 2.45) is 0 Å². The molecule has 2 N–H and O–H groups in total. The lowest BCUT2D eigenvalue weighted by Gasteiger charge is -2.06. The van der Waals surface area contributed by atoms with E-state index >= 15 is 0 Å². The van der Waals surface area contributed by atoms with E-state index in [-0.39, 0.29) is 5.91 Å². The Bertz CT molecular complexity index is 325. The van der Waals surface area contributed by atoms with Crippen LogP contribution in [0, 0.1) is 6.92 Å². The summed E-state index contributed by atoms with van der Waals surface area (Å²) in [4.78, 5) is 15.1.